The van der Waals surface area contributed by atoms with E-state index in [2.05, 4.69) is 4.90 Å². The number of rotatable bonds is 2. The van der Waals surface area contributed by atoms with Crippen molar-refractivity contribution < 1.29 is 4.74 Å². The van der Waals surface area contributed by atoms with Crippen LogP contribution in [0.4, 0.5) is 0 Å². The van der Waals surface area contributed by atoms with E-state index in [-0.39, 0.29) is 5.60 Å². The number of hydrogen-bond donors (Lipinski definition) is 1. The molecular weight excluding hydrogens is 224 g/mol. The third-order valence-corrected chi connectivity index (χ3v) is 5.38. The predicted molar refractivity (Wildman–Crippen MR) is 73.5 cm³/mol. The van der Waals surface area contributed by atoms with E-state index in [1.165, 1.54) is 64.5 Å². The van der Waals surface area contributed by atoms with Gasteiger partial charge in [-0.05, 0) is 57.5 Å². The average Bonchev–Trinajstić information content (AvgIpc) is 2.87. The van der Waals surface area contributed by atoms with E-state index in [4.69, 9.17) is 10.5 Å². The molecular formula is C15H28N2O. The van der Waals surface area contributed by atoms with E-state index < -0.39 is 0 Å². The minimum absolute atomic E-state index is 0.262. The molecule has 0 aromatic carbocycles. The monoisotopic (exact) mass is 252 g/mol. The highest BCUT2D eigenvalue weighted by Gasteiger charge is 2.41. The van der Waals surface area contributed by atoms with Crippen molar-refractivity contribution >= 4 is 0 Å². The summed E-state index contributed by atoms with van der Waals surface area (Å²) in [5.41, 5.74) is 6.12. The van der Waals surface area contributed by atoms with Crippen molar-refractivity contribution in [2.45, 2.75) is 63.0 Å². The molecule has 1 saturated carbocycles. The van der Waals surface area contributed by atoms with Gasteiger partial charge in [-0.15, -0.1) is 0 Å². The van der Waals surface area contributed by atoms with Gasteiger partial charge in [0.05, 0.1) is 5.60 Å². The van der Waals surface area contributed by atoms with Crippen LogP contribution in [0.3, 0.4) is 0 Å². The molecule has 3 aliphatic rings. The average molecular weight is 252 g/mol. The van der Waals surface area contributed by atoms with Gasteiger partial charge in [-0.3, -0.25) is 4.90 Å². The smallest absolute Gasteiger partial charge is 0.0697 e. The lowest BCUT2D eigenvalue weighted by Gasteiger charge is -2.45. The van der Waals surface area contributed by atoms with E-state index in [1.807, 2.05) is 0 Å². The molecule has 3 rings (SSSR count). The third-order valence-electron chi connectivity index (χ3n) is 5.38. The second-order valence-electron chi connectivity index (χ2n) is 6.62. The molecule has 0 aromatic heterocycles. The molecule has 0 radical (unpaired) electrons. The summed E-state index contributed by atoms with van der Waals surface area (Å²) >= 11 is 0. The van der Waals surface area contributed by atoms with Crippen LogP contribution in [0.25, 0.3) is 0 Å². The molecule has 1 spiro atoms. The Bertz CT molecular complexity index is 276. The molecule has 3 heteroatoms. The van der Waals surface area contributed by atoms with Gasteiger partial charge in [0.25, 0.3) is 0 Å². The lowest BCUT2D eigenvalue weighted by Crippen LogP contribution is -2.51. The molecule has 2 heterocycles. The van der Waals surface area contributed by atoms with Crippen molar-refractivity contribution in [3.05, 3.63) is 0 Å². The summed E-state index contributed by atoms with van der Waals surface area (Å²) in [5.74, 6) is 0.737. The SMILES string of the molecule is NCC1CCCN(C2CCOC3(CCCC3)C2)C1. The summed E-state index contributed by atoms with van der Waals surface area (Å²) in [4.78, 5) is 2.73. The first-order valence-corrected chi connectivity index (χ1v) is 7.89. The number of ether oxygens (including phenoxy) is 1. The Morgan fingerprint density at radius 1 is 1.17 bits per heavy atom. The van der Waals surface area contributed by atoms with E-state index >= 15 is 0 Å². The Morgan fingerprint density at radius 2 is 2.00 bits per heavy atom. The molecule has 2 unspecified atom stereocenters. The molecule has 0 amide bonds. The van der Waals surface area contributed by atoms with E-state index in [9.17, 15) is 0 Å². The maximum atomic E-state index is 6.15. The molecule has 3 fully saturated rings. The zero-order chi connectivity index (χ0) is 12.4. The zero-order valence-electron chi connectivity index (χ0n) is 11.6. The minimum Gasteiger partial charge on any atom is -0.375 e. The molecule has 2 N–H and O–H groups in total. The van der Waals surface area contributed by atoms with Crippen molar-refractivity contribution in [3.63, 3.8) is 0 Å². The maximum Gasteiger partial charge on any atom is 0.0697 e. The topological polar surface area (TPSA) is 38.5 Å². The minimum atomic E-state index is 0.262. The molecule has 1 aliphatic carbocycles. The highest BCUT2D eigenvalue weighted by molar-refractivity contribution is 4.95. The molecule has 18 heavy (non-hydrogen) atoms. The first kappa shape index (κ1) is 12.9. The van der Waals surface area contributed by atoms with Gasteiger partial charge in [0.15, 0.2) is 0 Å². The van der Waals surface area contributed by atoms with Crippen LogP contribution in [-0.2, 0) is 4.74 Å². The van der Waals surface area contributed by atoms with Gasteiger partial charge in [-0.2, -0.15) is 0 Å². The van der Waals surface area contributed by atoms with Crippen molar-refractivity contribution in [2.75, 3.05) is 26.2 Å². The van der Waals surface area contributed by atoms with Crippen LogP contribution >= 0.6 is 0 Å². The fraction of sp³-hybridized carbons (Fsp3) is 1.00. The van der Waals surface area contributed by atoms with Crippen LogP contribution in [0.5, 0.6) is 0 Å². The highest BCUT2D eigenvalue weighted by Crippen LogP contribution is 2.41. The third kappa shape index (κ3) is 2.59. The van der Waals surface area contributed by atoms with Gasteiger partial charge < -0.3 is 10.5 Å². The predicted octanol–water partition coefficient (Wildman–Crippen LogP) is 2.15. The van der Waals surface area contributed by atoms with E-state index in [0.717, 1.165) is 25.1 Å². The maximum absolute atomic E-state index is 6.15. The molecule has 0 bridgehead atoms. The number of nitrogens with zero attached hydrogens (tertiary/aromatic N) is 1. The number of hydrogen-bond acceptors (Lipinski definition) is 3. The summed E-state index contributed by atoms with van der Waals surface area (Å²) in [6.07, 6.45) is 10.5. The standard InChI is InChI=1S/C15H28N2O/c16-11-13-4-3-8-17(12-13)14-5-9-18-15(10-14)6-1-2-7-15/h13-14H,1-12,16H2. The van der Waals surface area contributed by atoms with Gasteiger partial charge in [0.1, 0.15) is 0 Å². The Hall–Kier alpha value is -0.120. The van der Waals surface area contributed by atoms with E-state index in [1.54, 1.807) is 0 Å². The van der Waals surface area contributed by atoms with Gasteiger partial charge in [0, 0.05) is 19.2 Å². The molecule has 3 nitrogen and oxygen atoms in total. The Balaban J connectivity index is 1.61. The summed E-state index contributed by atoms with van der Waals surface area (Å²) in [6, 6.07) is 0.770. The van der Waals surface area contributed by atoms with E-state index in [0.29, 0.717) is 0 Å². The summed E-state index contributed by atoms with van der Waals surface area (Å²) < 4.78 is 6.15. The lowest BCUT2D eigenvalue weighted by atomic mass is 9.86. The Morgan fingerprint density at radius 3 is 2.78 bits per heavy atom. The van der Waals surface area contributed by atoms with Crippen LogP contribution in [0.1, 0.15) is 51.4 Å². The van der Waals surface area contributed by atoms with Gasteiger partial charge in [0.2, 0.25) is 0 Å². The second-order valence-corrected chi connectivity index (χ2v) is 6.62. The van der Waals surface area contributed by atoms with Crippen LogP contribution in [0.15, 0.2) is 0 Å². The fourth-order valence-electron chi connectivity index (χ4n) is 4.30. The Labute approximate surface area is 111 Å². The summed E-state index contributed by atoms with van der Waals surface area (Å²) in [6.45, 7) is 4.37. The number of likely N-dealkylation sites (tertiary alicyclic amines) is 1. The lowest BCUT2D eigenvalue weighted by molar-refractivity contribution is -0.105. The molecule has 2 aliphatic heterocycles. The van der Waals surface area contributed by atoms with Gasteiger partial charge >= 0.3 is 0 Å². The molecule has 2 atom stereocenters. The zero-order valence-corrected chi connectivity index (χ0v) is 11.6. The number of piperidine rings is 1. The van der Waals surface area contributed by atoms with Crippen molar-refractivity contribution in [1.82, 2.24) is 4.90 Å². The van der Waals surface area contributed by atoms with Crippen molar-refractivity contribution in [2.24, 2.45) is 11.7 Å². The van der Waals surface area contributed by atoms with Crippen LogP contribution in [0.2, 0.25) is 0 Å². The number of nitrogens with two attached hydrogens (primary N) is 1. The molecule has 104 valence electrons. The van der Waals surface area contributed by atoms with Crippen molar-refractivity contribution in [3.8, 4) is 0 Å². The fourth-order valence-corrected chi connectivity index (χ4v) is 4.30. The largest absolute Gasteiger partial charge is 0.375 e. The first-order chi connectivity index (χ1) is 8.81. The normalized spacial score (nSPS) is 37.2. The summed E-state index contributed by atoms with van der Waals surface area (Å²) in [7, 11) is 0. The highest BCUT2D eigenvalue weighted by atomic mass is 16.5. The second kappa shape index (κ2) is 5.48. The van der Waals surface area contributed by atoms with Gasteiger partial charge in [-0.1, -0.05) is 12.8 Å². The quantitative estimate of drug-likeness (QED) is 0.818. The van der Waals surface area contributed by atoms with Gasteiger partial charge in [-0.25, -0.2) is 0 Å². The molecule has 0 aromatic rings. The van der Waals surface area contributed by atoms with Crippen molar-refractivity contribution in [1.29, 1.82) is 0 Å². The first-order valence-electron chi connectivity index (χ1n) is 7.89. The molecule has 2 saturated heterocycles. The van der Waals surface area contributed by atoms with Crippen LogP contribution in [0, 0.1) is 5.92 Å². The Kier molecular flexibility index (Phi) is 3.92. The van der Waals surface area contributed by atoms with Crippen LogP contribution < -0.4 is 5.73 Å². The van der Waals surface area contributed by atoms with Crippen LogP contribution in [-0.4, -0.2) is 42.8 Å². The summed E-state index contributed by atoms with van der Waals surface area (Å²) in [5, 5.41) is 0.